The van der Waals surface area contributed by atoms with Gasteiger partial charge in [-0.25, -0.2) is 4.98 Å². The number of pyridine rings is 1. The van der Waals surface area contributed by atoms with Gasteiger partial charge in [-0.2, -0.15) is 0 Å². The number of carboxylic acid groups (broad SMARTS) is 1. The Balaban J connectivity index is 1.81. The van der Waals surface area contributed by atoms with E-state index in [9.17, 15) is 9.90 Å². The third-order valence-corrected chi connectivity index (χ3v) is 4.28. The van der Waals surface area contributed by atoms with E-state index < -0.39 is 5.97 Å². The molecule has 0 spiro atoms. The number of fused-ring (bicyclic) bond motifs is 1. The molecular weight excluding hydrogens is 264 g/mol. The minimum absolute atomic E-state index is 0.201. The lowest BCUT2D eigenvalue weighted by molar-refractivity contribution is -0.142. The smallest absolute Gasteiger partial charge is 0.306 e. The number of hydrogen-bond donors (Lipinski definition) is 2. The van der Waals surface area contributed by atoms with E-state index in [0.717, 1.165) is 41.5 Å². The molecule has 2 aromatic rings. The van der Waals surface area contributed by atoms with Crippen molar-refractivity contribution >= 4 is 22.7 Å². The van der Waals surface area contributed by atoms with Crippen LogP contribution in [0.15, 0.2) is 30.3 Å². The Labute approximate surface area is 124 Å². The average Bonchev–Trinajstić information content (AvgIpc) is 2.48. The van der Waals surface area contributed by atoms with Gasteiger partial charge in [-0.15, -0.1) is 0 Å². The Morgan fingerprint density at radius 3 is 2.95 bits per heavy atom. The molecule has 1 fully saturated rings. The van der Waals surface area contributed by atoms with Crippen molar-refractivity contribution < 1.29 is 9.90 Å². The van der Waals surface area contributed by atoms with Crippen LogP contribution in [-0.4, -0.2) is 22.1 Å². The fraction of sp³-hybridized carbons (Fsp3) is 0.412. The first-order valence-electron chi connectivity index (χ1n) is 7.49. The summed E-state index contributed by atoms with van der Waals surface area (Å²) in [6.45, 7) is 2.04. The van der Waals surface area contributed by atoms with E-state index in [4.69, 9.17) is 0 Å². The maximum atomic E-state index is 11.2. The van der Waals surface area contributed by atoms with Gasteiger partial charge in [-0.1, -0.05) is 24.6 Å². The lowest BCUT2D eigenvalue weighted by atomic mass is 9.86. The van der Waals surface area contributed by atoms with Crippen molar-refractivity contribution in [1.29, 1.82) is 0 Å². The van der Waals surface area contributed by atoms with Crippen LogP contribution in [0.4, 0.5) is 5.82 Å². The molecule has 0 saturated heterocycles. The third-order valence-electron chi connectivity index (χ3n) is 4.28. The van der Waals surface area contributed by atoms with Crippen LogP contribution in [0.2, 0.25) is 0 Å². The van der Waals surface area contributed by atoms with Crippen molar-refractivity contribution in [3.05, 3.63) is 35.9 Å². The molecule has 2 N–H and O–H groups in total. The molecular formula is C17H20N2O2. The number of carboxylic acids is 1. The molecule has 2 unspecified atom stereocenters. The lowest BCUT2D eigenvalue weighted by Gasteiger charge is -2.28. The molecule has 0 bridgehead atoms. The van der Waals surface area contributed by atoms with Crippen LogP contribution in [0.25, 0.3) is 10.9 Å². The van der Waals surface area contributed by atoms with Crippen molar-refractivity contribution in [3.63, 3.8) is 0 Å². The summed E-state index contributed by atoms with van der Waals surface area (Å²) in [6, 6.07) is 10.4. The summed E-state index contributed by atoms with van der Waals surface area (Å²) in [6.07, 6.45) is 3.44. The fourth-order valence-electron chi connectivity index (χ4n) is 3.11. The first-order valence-corrected chi connectivity index (χ1v) is 7.49. The van der Waals surface area contributed by atoms with E-state index in [1.165, 1.54) is 0 Å². The molecule has 0 aliphatic heterocycles. The minimum atomic E-state index is -0.676. The Hall–Kier alpha value is -2.10. The molecule has 1 aromatic heterocycles. The zero-order valence-corrected chi connectivity index (χ0v) is 12.2. The van der Waals surface area contributed by atoms with Crippen molar-refractivity contribution in [1.82, 2.24) is 4.98 Å². The highest BCUT2D eigenvalue weighted by Crippen LogP contribution is 2.28. The lowest BCUT2D eigenvalue weighted by Crippen LogP contribution is -2.31. The number of aryl methyl sites for hydroxylation is 1. The van der Waals surface area contributed by atoms with Crippen LogP contribution in [0.1, 0.15) is 31.2 Å². The highest BCUT2D eigenvalue weighted by Gasteiger charge is 2.27. The Kier molecular flexibility index (Phi) is 3.78. The average molecular weight is 284 g/mol. The number of aliphatic carboxylic acids is 1. The fourth-order valence-corrected chi connectivity index (χ4v) is 3.11. The van der Waals surface area contributed by atoms with Crippen LogP contribution < -0.4 is 5.32 Å². The molecule has 2 atom stereocenters. The molecule has 21 heavy (non-hydrogen) atoms. The number of benzene rings is 1. The topological polar surface area (TPSA) is 62.2 Å². The second-order valence-corrected chi connectivity index (χ2v) is 5.89. The molecule has 1 aliphatic carbocycles. The van der Waals surface area contributed by atoms with E-state index in [0.29, 0.717) is 6.42 Å². The first-order chi connectivity index (χ1) is 10.1. The number of hydrogen-bond acceptors (Lipinski definition) is 3. The largest absolute Gasteiger partial charge is 0.481 e. The molecule has 0 amide bonds. The summed E-state index contributed by atoms with van der Waals surface area (Å²) in [7, 11) is 0. The molecule has 1 saturated carbocycles. The molecule has 3 rings (SSSR count). The summed E-state index contributed by atoms with van der Waals surface area (Å²) in [5.74, 6) is -0.0218. The summed E-state index contributed by atoms with van der Waals surface area (Å²) in [5.41, 5.74) is 2.07. The zero-order chi connectivity index (χ0) is 14.8. The number of nitrogens with zero attached hydrogens (tertiary/aromatic N) is 1. The molecule has 1 aromatic carbocycles. The third kappa shape index (κ3) is 2.99. The number of anilines is 1. The van der Waals surface area contributed by atoms with Crippen molar-refractivity contribution in [2.24, 2.45) is 5.92 Å². The van der Waals surface area contributed by atoms with Gasteiger partial charge < -0.3 is 10.4 Å². The second kappa shape index (κ2) is 5.72. The van der Waals surface area contributed by atoms with Crippen molar-refractivity contribution in [3.8, 4) is 0 Å². The highest BCUT2D eigenvalue weighted by molar-refractivity contribution is 5.81. The maximum absolute atomic E-state index is 11.2. The van der Waals surface area contributed by atoms with Crippen molar-refractivity contribution in [2.75, 3.05) is 5.32 Å². The van der Waals surface area contributed by atoms with Crippen LogP contribution in [0.5, 0.6) is 0 Å². The monoisotopic (exact) mass is 284 g/mol. The zero-order valence-electron chi connectivity index (χ0n) is 12.2. The molecule has 1 heterocycles. The number of carbonyl (C=O) groups is 1. The molecule has 110 valence electrons. The van der Waals surface area contributed by atoms with Gasteiger partial charge in [-0.05, 0) is 43.9 Å². The van der Waals surface area contributed by atoms with Gasteiger partial charge in [-0.3, -0.25) is 4.79 Å². The van der Waals surface area contributed by atoms with E-state index in [2.05, 4.69) is 22.4 Å². The van der Waals surface area contributed by atoms with Crippen LogP contribution >= 0.6 is 0 Å². The SMILES string of the molecule is Cc1cc2ccccc2nc1NC1CCCC(C(=O)O)C1. The summed E-state index contributed by atoms with van der Waals surface area (Å²) >= 11 is 0. The minimum Gasteiger partial charge on any atom is -0.481 e. The normalized spacial score (nSPS) is 22.1. The highest BCUT2D eigenvalue weighted by atomic mass is 16.4. The Morgan fingerprint density at radius 2 is 2.14 bits per heavy atom. The van der Waals surface area contributed by atoms with E-state index in [1.807, 2.05) is 25.1 Å². The van der Waals surface area contributed by atoms with Gasteiger partial charge in [0, 0.05) is 11.4 Å². The number of nitrogens with one attached hydrogen (secondary N) is 1. The predicted molar refractivity (Wildman–Crippen MR) is 83.5 cm³/mol. The maximum Gasteiger partial charge on any atom is 0.306 e. The van der Waals surface area contributed by atoms with E-state index >= 15 is 0 Å². The first kappa shape index (κ1) is 13.9. The van der Waals surface area contributed by atoms with Crippen LogP contribution in [0.3, 0.4) is 0 Å². The van der Waals surface area contributed by atoms with E-state index in [1.54, 1.807) is 0 Å². The summed E-state index contributed by atoms with van der Waals surface area (Å²) < 4.78 is 0. The van der Waals surface area contributed by atoms with Gasteiger partial charge >= 0.3 is 5.97 Å². The standard InChI is InChI=1S/C17H20N2O2/c1-11-9-12-5-2-3-8-15(12)19-16(11)18-14-7-4-6-13(10-14)17(20)21/h2-3,5,8-9,13-14H,4,6-7,10H2,1H3,(H,18,19)(H,20,21). The Bertz CT molecular complexity index is 669. The van der Waals surface area contributed by atoms with Crippen LogP contribution in [0, 0.1) is 12.8 Å². The molecule has 4 nitrogen and oxygen atoms in total. The van der Waals surface area contributed by atoms with Gasteiger partial charge in [0.1, 0.15) is 5.82 Å². The van der Waals surface area contributed by atoms with Gasteiger partial charge in [0.15, 0.2) is 0 Å². The van der Waals surface area contributed by atoms with Gasteiger partial charge in [0.25, 0.3) is 0 Å². The number of aromatic nitrogens is 1. The summed E-state index contributed by atoms with van der Waals surface area (Å²) in [4.78, 5) is 15.8. The van der Waals surface area contributed by atoms with Gasteiger partial charge in [0.2, 0.25) is 0 Å². The second-order valence-electron chi connectivity index (χ2n) is 5.89. The van der Waals surface area contributed by atoms with E-state index in [-0.39, 0.29) is 12.0 Å². The van der Waals surface area contributed by atoms with Crippen LogP contribution in [-0.2, 0) is 4.79 Å². The molecule has 1 aliphatic rings. The predicted octanol–water partition coefficient (Wildman–Crippen LogP) is 3.60. The molecule has 4 heteroatoms. The molecule has 0 radical (unpaired) electrons. The number of para-hydroxylation sites is 1. The number of rotatable bonds is 3. The van der Waals surface area contributed by atoms with Crippen molar-refractivity contribution in [2.45, 2.75) is 38.6 Å². The van der Waals surface area contributed by atoms with Gasteiger partial charge in [0.05, 0.1) is 11.4 Å². The quantitative estimate of drug-likeness (QED) is 0.904. The summed E-state index contributed by atoms with van der Waals surface area (Å²) in [5, 5.41) is 13.8. The Morgan fingerprint density at radius 1 is 1.33 bits per heavy atom.